The third-order valence-corrected chi connectivity index (χ3v) is 2.97. The second kappa shape index (κ2) is 6.51. The van der Waals surface area contributed by atoms with Crippen LogP contribution >= 0.6 is 0 Å². The van der Waals surface area contributed by atoms with Gasteiger partial charge >= 0.3 is 0 Å². The van der Waals surface area contributed by atoms with Crippen molar-refractivity contribution < 1.29 is 4.74 Å². The highest BCUT2D eigenvalue weighted by Crippen LogP contribution is 2.21. The van der Waals surface area contributed by atoms with Crippen molar-refractivity contribution in [2.75, 3.05) is 44.5 Å². The zero-order chi connectivity index (χ0) is 12.8. The second-order valence-corrected chi connectivity index (χ2v) is 4.27. The van der Waals surface area contributed by atoms with Crippen LogP contribution in [0.5, 0.6) is 0 Å². The van der Waals surface area contributed by atoms with Crippen LogP contribution in [0.2, 0.25) is 0 Å². The van der Waals surface area contributed by atoms with Crippen LogP contribution in [0.15, 0.2) is 0 Å². The predicted molar refractivity (Wildman–Crippen MR) is 72.0 cm³/mol. The molecule has 6 nitrogen and oxygen atoms in total. The van der Waals surface area contributed by atoms with E-state index in [0.29, 0.717) is 5.95 Å². The molecule has 0 saturated carbocycles. The average Bonchev–Trinajstić information content (AvgIpc) is 2.43. The Hall–Kier alpha value is -1.40. The number of nitrogens with one attached hydrogen (secondary N) is 3. The summed E-state index contributed by atoms with van der Waals surface area (Å²) in [6, 6.07) is 0. The first-order valence-electron chi connectivity index (χ1n) is 6.36. The number of anilines is 2. The maximum atomic E-state index is 5.04. The van der Waals surface area contributed by atoms with Crippen molar-refractivity contribution in [2.45, 2.75) is 19.4 Å². The molecule has 1 aromatic rings. The highest BCUT2D eigenvalue weighted by atomic mass is 16.5. The normalized spacial score (nSPS) is 14.1. The Morgan fingerprint density at radius 2 is 2.28 bits per heavy atom. The largest absolute Gasteiger partial charge is 0.385 e. The third-order valence-electron chi connectivity index (χ3n) is 2.97. The fraction of sp³-hybridized carbons (Fsp3) is 0.667. The fourth-order valence-corrected chi connectivity index (χ4v) is 2.02. The number of ether oxygens (including phenoxy) is 1. The number of rotatable bonds is 6. The van der Waals surface area contributed by atoms with Gasteiger partial charge in [0.15, 0.2) is 0 Å². The minimum Gasteiger partial charge on any atom is -0.385 e. The standard InChI is InChI=1S/C12H21N5O/c1-13-12-16-10-4-6-14-8-9(10)11(17-12)15-5-3-7-18-2/h14H,3-8H2,1-2H3,(H2,13,15,16,17). The highest BCUT2D eigenvalue weighted by molar-refractivity contribution is 5.51. The molecule has 18 heavy (non-hydrogen) atoms. The first-order valence-corrected chi connectivity index (χ1v) is 6.36. The molecule has 0 atom stereocenters. The van der Waals surface area contributed by atoms with Crippen LogP contribution < -0.4 is 16.0 Å². The van der Waals surface area contributed by atoms with Gasteiger partial charge in [0.2, 0.25) is 5.95 Å². The molecule has 2 rings (SSSR count). The average molecular weight is 251 g/mol. The molecule has 0 unspecified atom stereocenters. The van der Waals surface area contributed by atoms with E-state index in [4.69, 9.17) is 4.74 Å². The van der Waals surface area contributed by atoms with E-state index in [0.717, 1.165) is 50.6 Å². The van der Waals surface area contributed by atoms with E-state index in [1.807, 2.05) is 7.05 Å². The Morgan fingerprint density at radius 3 is 3.06 bits per heavy atom. The number of fused-ring (bicyclic) bond motifs is 1. The quantitative estimate of drug-likeness (QED) is 0.644. The van der Waals surface area contributed by atoms with Gasteiger partial charge in [-0.2, -0.15) is 4.98 Å². The molecule has 1 aliphatic rings. The van der Waals surface area contributed by atoms with E-state index in [-0.39, 0.29) is 0 Å². The van der Waals surface area contributed by atoms with Crippen molar-refractivity contribution in [1.29, 1.82) is 0 Å². The van der Waals surface area contributed by atoms with Gasteiger partial charge in [-0.05, 0) is 6.42 Å². The number of methoxy groups -OCH3 is 1. The van der Waals surface area contributed by atoms with E-state index >= 15 is 0 Å². The number of nitrogens with zero attached hydrogens (tertiary/aromatic N) is 2. The van der Waals surface area contributed by atoms with Crippen molar-refractivity contribution in [1.82, 2.24) is 15.3 Å². The minimum absolute atomic E-state index is 0.685. The molecule has 6 heteroatoms. The Labute approximate surface area is 108 Å². The Kier molecular flexibility index (Phi) is 4.72. The SMILES string of the molecule is CNc1nc2c(c(NCCCOC)n1)CNCC2. The van der Waals surface area contributed by atoms with E-state index in [1.165, 1.54) is 5.56 Å². The summed E-state index contributed by atoms with van der Waals surface area (Å²) in [5.74, 6) is 1.62. The molecule has 0 radical (unpaired) electrons. The van der Waals surface area contributed by atoms with Crippen molar-refractivity contribution >= 4 is 11.8 Å². The van der Waals surface area contributed by atoms with E-state index in [1.54, 1.807) is 7.11 Å². The van der Waals surface area contributed by atoms with E-state index < -0.39 is 0 Å². The van der Waals surface area contributed by atoms with Gasteiger partial charge < -0.3 is 20.7 Å². The molecule has 0 aliphatic carbocycles. The molecule has 0 spiro atoms. The van der Waals surface area contributed by atoms with Crippen LogP contribution in [0.4, 0.5) is 11.8 Å². The second-order valence-electron chi connectivity index (χ2n) is 4.27. The summed E-state index contributed by atoms with van der Waals surface area (Å²) in [4.78, 5) is 9.00. The van der Waals surface area contributed by atoms with Gasteiger partial charge in [-0.15, -0.1) is 0 Å². The molecule has 3 N–H and O–H groups in total. The summed E-state index contributed by atoms with van der Waals surface area (Å²) in [6.07, 6.45) is 1.93. The summed E-state index contributed by atoms with van der Waals surface area (Å²) in [5.41, 5.74) is 2.33. The van der Waals surface area contributed by atoms with Crippen molar-refractivity contribution in [3.63, 3.8) is 0 Å². The lowest BCUT2D eigenvalue weighted by atomic mass is 10.1. The monoisotopic (exact) mass is 251 g/mol. The van der Waals surface area contributed by atoms with Gasteiger partial charge in [-0.1, -0.05) is 0 Å². The lowest BCUT2D eigenvalue weighted by Crippen LogP contribution is -2.27. The van der Waals surface area contributed by atoms with Crippen LogP contribution in [-0.4, -0.2) is 43.8 Å². The summed E-state index contributed by atoms with van der Waals surface area (Å²) >= 11 is 0. The number of hydrogen-bond donors (Lipinski definition) is 3. The molecule has 0 bridgehead atoms. The number of aromatic nitrogens is 2. The molecule has 0 amide bonds. The van der Waals surface area contributed by atoms with Gasteiger partial charge in [0, 0.05) is 52.4 Å². The highest BCUT2D eigenvalue weighted by Gasteiger charge is 2.16. The summed E-state index contributed by atoms with van der Waals surface area (Å²) in [6.45, 7) is 3.44. The zero-order valence-corrected chi connectivity index (χ0v) is 11.0. The van der Waals surface area contributed by atoms with Crippen LogP contribution in [0.3, 0.4) is 0 Å². The Morgan fingerprint density at radius 1 is 1.39 bits per heavy atom. The third kappa shape index (κ3) is 3.08. The van der Waals surface area contributed by atoms with Crippen molar-refractivity contribution in [3.8, 4) is 0 Å². The fourth-order valence-electron chi connectivity index (χ4n) is 2.02. The molecule has 2 heterocycles. The van der Waals surface area contributed by atoms with Crippen molar-refractivity contribution in [2.24, 2.45) is 0 Å². The van der Waals surface area contributed by atoms with Gasteiger partial charge in [-0.3, -0.25) is 0 Å². The summed E-state index contributed by atoms with van der Waals surface area (Å²) < 4.78 is 5.04. The lowest BCUT2D eigenvalue weighted by molar-refractivity contribution is 0.197. The lowest BCUT2D eigenvalue weighted by Gasteiger charge is -2.20. The summed E-state index contributed by atoms with van der Waals surface area (Å²) in [7, 11) is 3.56. The molecular formula is C12H21N5O. The van der Waals surface area contributed by atoms with Crippen LogP contribution in [-0.2, 0) is 17.7 Å². The van der Waals surface area contributed by atoms with Crippen LogP contribution in [0.1, 0.15) is 17.7 Å². The van der Waals surface area contributed by atoms with E-state index in [2.05, 4.69) is 25.9 Å². The molecule has 0 aromatic carbocycles. The van der Waals surface area contributed by atoms with Gasteiger partial charge in [0.05, 0.1) is 5.69 Å². The van der Waals surface area contributed by atoms with Crippen molar-refractivity contribution in [3.05, 3.63) is 11.3 Å². The number of hydrogen-bond acceptors (Lipinski definition) is 6. The topological polar surface area (TPSA) is 71.1 Å². The van der Waals surface area contributed by atoms with E-state index in [9.17, 15) is 0 Å². The van der Waals surface area contributed by atoms with Crippen LogP contribution in [0.25, 0.3) is 0 Å². The maximum absolute atomic E-state index is 5.04. The minimum atomic E-state index is 0.685. The molecule has 0 fully saturated rings. The molecule has 100 valence electrons. The maximum Gasteiger partial charge on any atom is 0.224 e. The molecule has 1 aromatic heterocycles. The van der Waals surface area contributed by atoms with Gasteiger partial charge in [-0.25, -0.2) is 4.98 Å². The first-order chi connectivity index (χ1) is 8.85. The molecule has 0 saturated heterocycles. The molecular weight excluding hydrogens is 230 g/mol. The van der Waals surface area contributed by atoms with Crippen LogP contribution in [0, 0.1) is 0 Å². The Bertz CT molecular complexity index is 396. The summed E-state index contributed by atoms with van der Waals surface area (Å²) in [5, 5.41) is 9.74. The van der Waals surface area contributed by atoms with Gasteiger partial charge in [0.25, 0.3) is 0 Å². The zero-order valence-electron chi connectivity index (χ0n) is 11.0. The van der Waals surface area contributed by atoms with Gasteiger partial charge in [0.1, 0.15) is 5.82 Å². The molecule has 1 aliphatic heterocycles. The first kappa shape index (κ1) is 13.0. The predicted octanol–water partition coefficient (Wildman–Crippen LogP) is 0.612. The Balaban J connectivity index is 2.11. The smallest absolute Gasteiger partial charge is 0.224 e.